The lowest BCUT2D eigenvalue weighted by Crippen LogP contribution is -2.10. The van der Waals surface area contributed by atoms with Gasteiger partial charge in [0.2, 0.25) is 0 Å². The number of halogens is 1. The van der Waals surface area contributed by atoms with Gasteiger partial charge in [-0.25, -0.2) is 14.8 Å². The fourth-order valence-electron chi connectivity index (χ4n) is 1.88. The summed E-state index contributed by atoms with van der Waals surface area (Å²) in [6.07, 6.45) is 2.82. The third-order valence-corrected chi connectivity index (χ3v) is 3.18. The molecule has 0 fully saturated rings. The Morgan fingerprint density at radius 2 is 2.05 bits per heavy atom. The van der Waals surface area contributed by atoms with Crippen LogP contribution in [-0.2, 0) is 13.0 Å². The largest absolute Gasteiger partial charge is 0.476 e. The first kappa shape index (κ1) is 15.3. The summed E-state index contributed by atoms with van der Waals surface area (Å²) in [4.78, 5) is 19.3. The van der Waals surface area contributed by atoms with Crippen molar-refractivity contribution in [3.63, 3.8) is 0 Å². The molecule has 110 valence electrons. The second-order valence-corrected chi connectivity index (χ2v) is 5.02. The number of nitrogens with zero attached hydrogens (tertiary/aromatic N) is 2. The molecule has 0 aliphatic heterocycles. The minimum absolute atomic E-state index is 0.0320. The zero-order valence-electron chi connectivity index (χ0n) is 11.6. The minimum Gasteiger partial charge on any atom is -0.476 e. The van der Waals surface area contributed by atoms with Gasteiger partial charge in [0.05, 0.1) is 11.9 Å². The maximum absolute atomic E-state index is 10.9. The Morgan fingerprint density at radius 3 is 2.67 bits per heavy atom. The molecule has 6 heteroatoms. The topological polar surface area (TPSA) is 75.1 Å². The number of rotatable bonds is 6. The fraction of sp³-hybridized carbons (Fsp3) is 0.267. The van der Waals surface area contributed by atoms with E-state index in [9.17, 15) is 4.79 Å². The van der Waals surface area contributed by atoms with E-state index in [1.54, 1.807) is 0 Å². The highest BCUT2D eigenvalue weighted by Crippen LogP contribution is 2.15. The molecule has 1 aromatic carbocycles. The van der Waals surface area contributed by atoms with E-state index in [-0.39, 0.29) is 5.69 Å². The van der Waals surface area contributed by atoms with Gasteiger partial charge in [-0.15, -0.1) is 0 Å². The Kier molecular flexibility index (Phi) is 5.11. The van der Waals surface area contributed by atoms with Crippen LogP contribution in [0.15, 0.2) is 30.5 Å². The number of carbonyl (C=O) groups is 1. The number of hydrogen-bond donors (Lipinski definition) is 2. The zero-order chi connectivity index (χ0) is 15.2. The lowest BCUT2D eigenvalue weighted by molar-refractivity contribution is 0.0689. The number of aromatic nitrogens is 2. The molecule has 0 saturated heterocycles. The van der Waals surface area contributed by atoms with Crippen LogP contribution in [0.3, 0.4) is 0 Å². The Labute approximate surface area is 128 Å². The van der Waals surface area contributed by atoms with E-state index in [4.69, 9.17) is 16.7 Å². The summed E-state index contributed by atoms with van der Waals surface area (Å²) < 4.78 is 0. The van der Waals surface area contributed by atoms with Crippen molar-refractivity contribution in [1.82, 2.24) is 9.97 Å². The predicted molar refractivity (Wildman–Crippen MR) is 81.8 cm³/mol. The van der Waals surface area contributed by atoms with Gasteiger partial charge in [-0.3, -0.25) is 0 Å². The summed E-state index contributed by atoms with van der Waals surface area (Å²) in [6.45, 7) is 2.59. The number of aryl methyl sites for hydroxylation is 1. The van der Waals surface area contributed by atoms with Crippen molar-refractivity contribution in [2.75, 3.05) is 5.32 Å². The molecule has 0 spiro atoms. The molecule has 1 aromatic heterocycles. The Balaban J connectivity index is 2.14. The smallest absolute Gasteiger partial charge is 0.356 e. The fourth-order valence-corrected chi connectivity index (χ4v) is 2.00. The molecule has 0 saturated carbocycles. The first-order valence-electron chi connectivity index (χ1n) is 6.67. The summed E-state index contributed by atoms with van der Waals surface area (Å²) in [5.41, 5.74) is 1.70. The number of anilines is 1. The third-order valence-electron chi connectivity index (χ3n) is 2.92. The van der Waals surface area contributed by atoms with Crippen LogP contribution in [0, 0.1) is 0 Å². The second-order valence-electron chi connectivity index (χ2n) is 4.59. The molecule has 0 atom stereocenters. The highest BCUT2D eigenvalue weighted by Gasteiger charge is 2.11. The SMILES string of the molecule is CCCc1nc(C(=O)O)cnc1NCc1ccc(Cl)cc1. The van der Waals surface area contributed by atoms with Crippen LogP contribution in [-0.4, -0.2) is 21.0 Å². The number of benzene rings is 1. The summed E-state index contributed by atoms with van der Waals surface area (Å²) in [6, 6.07) is 7.50. The van der Waals surface area contributed by atoms with Crippen molar-refractivity contribution in [3.05, 3.63) is 52.4 Å². The predicted octanol–water partition coefficient (Wildman–Crippen LogP) is 3.39. The van der Waals surface area contributed by atoms with Gasteiger partial charge in [0, 0.05) is 11.6 Å². The van der Waals surface area contributed by atoms with Gasteiger partial charge in [0.1, 0.15) is 5.82 Å². The van der Waals surface area contributed by atoms with Crippen LogP contribution in [0.4, 0.5) is 5.82 Å². The molecular weight excluding hydrogens is 290 g/mol. The molecule has 5 nitrogen and oxygen atoms in total. The molecule has 1 heterocycles. The molecule has 2 aromatic rings. The first-order valence-corrected chi connectivity index (χ1v) is 7.05. The monoisotopic (exact) mass is 305 g/mol. The van der Waals surface area contributed by atoms with Crippen LogP contribution in [0.1, 0.15) is 35.1 Å². The lowest BCUT2D eigenvalue weighted by atomic mass is 10.2. The standard InChI is InChI=1S/C15H16ClN3O2/c1-2-3-12-14(18-9-13(19-12)15(20)21)17-8-10-4-6-11(16)7-5-10/h4-7,9H,2-3,8H2,1H3,(H,17,18)(H,20,21). The highest BCUT2D eigenvalue weighted by atomic mass is 35.5. The van der Waals surface area contributed by atoms with E-state index in [0.29, 0.717) is 29.5 Å². The lowest BCUT2D eigenvalue weighted by Gasteiger charge is -2.10. The van der Waals surface area contributed by atoms with Crippen molar-refractivity contribution in [3.8, 4) is 0 Å². The number of hydrogen-bond acceptors (Lipinski definition) is 4. The molecule has 2 rings (SSSR count). The molecule has 0 radical (unpaired) electrons. The average molecular weight is 306 g/mol. The zero-order valence-corrected chi connectivity index (χ0v) is 12.4. The number of carboxylic acid groups (broad SMARTS) is 1. The van der Waals surface area contributed by atoms with Gasteiger partial charge >= 0.3 is 5.97 Å². The number of carboxylic acids is 1. The van der Waals surface area contributed by atoms with Gasteiger partial charge in [-0.05, 0) is 24.1 Å². The molecule has 0 bridgehead atoms. The van der Waals surface area contributed by atoms with Crippen molar-refractivity contribution < 1.29 is 9.90 Å². The second kappa shape index (κ2) is 7.04. The molecule has 21 heavy (non-hydrogen) atoms. The average Bonchev–Trinajstić information content (AvgIpc) is 2.47. The van der Waals surface area contributed by atoms with Crippen molar-refractivity contribution in [2.45, 2.75) is 26.3 Å². The quantitative estimate of drug-likeness (QED) is 0.855. The first-order chi connectivity index (χ1) is 10.1. The normalized spacial score (nSPS) is 10.4. The minimum atomic E-state index is -1.07. The van der Waals surface area contributed by atoms with Gasteiger partial charge < -0.3 is 10.4 Å². The Bertz CT molecular complexity index is 629. The number of nitrogens with one attached hydrogen (secondary N) is 1. The van der Waals surface area contributed by atoms with Crippen LogP contribution in [0.5, 0.6) is 0 Å². The highest BCUT2D eigenvalue weighted by molar-refractivity contribution is 6.30. The maximum atomic E-state index is 10.9. The van der Waals surface area contributed by atoms with E-state index in [0.717, 1.165) is 12.0 Å². The van der Waals surface area contributed by atoms with E-state index in [2.05, 4.69) is 15.3 Å². The summed E-state index contributed by atoms with van der Waals surface area (Å²) in [5, 5.41) is 12.8. The van der Waals surface area contributed by atoms with Gasteiger partial charge in [0.15, 0.2) is 5.69 Å². The third kappa shape index (κ3) is 4.16. The van der Waals surface area contributed by atoms with Crippen LogP contribution >= 0.6 is 11.6 Å². The Morgan fingerprint density at radius 1 is 1.33 bits per heavy atom. The van der Waals surface area contributed by atoms with Crippen LogP contribution in [0.25, 0.3) is 0 Å². The van der Waals surface area contributed by atoms with E-state index in [1.807, 2.05) is 31.2 Å². The summed E-state index contributed by atoms with van der Waals surface area (Å²) in [5.74, 6) is -0.444. The molecule has 2 N–H and O–H groups in total. The van der Waals surface area contributed by atoms with E-state index < -0.39 is 5.97 Å². The van der Waals surface area contributed by atoms with E-state index in [1.165, 1.54) is 6.20 Å². The molecule has 0 unspecified atom stereocenters. The number of aromatic carboxylic acids is 1. The van der Waals surface area contributed by atoms with Crippen molar-refractivity contribution >= 4 is 23.4 Å². The molecule has 0 amide bonds. The maximum Gasteiger partial charge on any atom is 0.356 e. The molecule has 0 aliphatic rings. The van der Waals surface area contributed by atoms with Crippen LogP contribution < -0.4 is 5.32 Å². The van der Waals surface area contributed by atoms with Gasteiger partial charge in [0.25, 0.3) is 0 Å². The van der Waals surface area contributed by atoms with Crippen molar-refractivity contribution in [2.24, 2.45) is 0 Å². The molecular formula is C15H16ClN3O2. The summed E-state index contributed by atoms with van der Waals surface area (Å²) in [7, 11) is 0. The summed E-state index contributed by atoms with van der Waals surface area (Å²) >= 11 is 5.84. The van der Waals surface area contributed by atoms with Crippen LogP contribution in [0.2, 0.25) is 5.02 Å². The van der Waals surface area contributed by atoms with Gasteiger partial charge in [-0.1, -0.05) is 37.1 Å². The molecule has 0 aliphatic carbocycles. The Hall–Kier alpha value is -2.14. The van der Waals surface area contributed by atoms with E-state index >= 15 is 0 Å². The van der Waals surface area contributed by atoms with Crippen molar-refractivity contribution in [1.29, 1.82) is 0 Å². The van der Waals surface area contributed by atoms with Gasteiger partial charge in [-0.2, -0.15) is 0 Å².